The zero-order chi connectivity index (χ0) is 24.8. The maximum Gasteiger partial charge on any atom is 0.303 e. The second kappa shape index (κ2) is 11.4. The molecule has 0 radical (unpaired) electrons. The number of phenolic OH excluding ortho intramolecular Hbond substituents is 1. The maximum atomic E-state index is 10.8. The minimum absolute atomic E-state index is 0.0495. The van der Waals surface area contributed by atoms with Crippen molar-refractivity contribution < 1.29 is 30.0 Å². The van der Waals surface area contributed by atoms with Gasteiger partial charge in [0.25, 0.3) is 0 Å². The van der Waals surface area contributed by atoms with Crippen LogP contribution < -0.4 is 0 Å². The van der Waals surface area contributed by atoms with E-state index in [1.54, 1.807) is 25.3 Å². The molecule has 0 fully saturated rings. The van der Waals surface area contributed by atoms with Crippen LogP contribution in [0.25, 0.3) is 17.2 Å². The second-order valence-electron chi connectivity index (χ2n) is 8.90. The van der Waals surface area contributed by atoms with Crippen molar-refractivity contribution in [1.29, 1.82) is 0 Å². The second-order valence-corrected chi connectivity index (χ2v) is 8.90. The fourth-order valence-electron chi connectivity index (χ4n) is 3.81. The van der Waals surface area contributed by atoms with Crippen LogP contribution in [0, 0.1) is 0 Å². The van der Waals surface area contributed by atoms with E-state index in [4.69, 9.17) is 14.8 Å². The number of methoxy groups -OCH3 is 1. The number of aliphatic hydroxyl groups is 2. The molecule has 7 heteroatoms. The lowest BCUT2D eigenvalue weighted by Crippen LogP contribution is -2.25. The van der Waals surface area contributed by atoms with Crippen LogP contribution in [0.4, 0.5) is 0 Å². The Labute approximate surface area is 195 Å². The Bertz CT molecular complexity index is 977. The van der Waals surface area contributed by atoms with Crippen LogP contribution in [0.1, 0.15) is 81.3 Å². The van der Waals surface area contributed by atoms with Gasteiger partial charge in [0.1, 0.15) is 5.75 Å². The van der Waals surface area contributed by atoms with Crippen molar-refractivity contribution in [3.05, 3.63) is 52.9 Å². The first kappa shape index (κ1) is 26.5. The van der Waals surface area contributed by atoms with Gasteiger partial charge in [0.05, 0.1) is 12.3 Å². The summed E-state index contributed by atoms with van der Waals surface area (Å²) in [6, 6.07) is 6.84. The Morgan fingerprint density at radius 3 is 2.21 bits per heavy atom. The summed E-state index contributed by atoms with van der Waals surface area (Å²) in [6.45, 7) is 8.50. The molecule has 33 heavy (non-hydrogen) atoms. The molecule has 0 saturated carbocycles. The highest BCUT2D eigenvalue weighted by Gasteiger charge is 2.24. The number of nitrogens with zero attached hydrogens (tertiary/aromatic N) is 1. The topological polar surface area (TPSA) is 120 Å². The number of rotatable bonds is 11. The molecule has 4 N–H and O–H groups in total. The fraction of sp³-hybridized carbons (Fsp3) is 0.462. The van der Waals surface area contributed by atoms with Gasteiger partial charge in [-0.1, -0.05) is 45.9 Å². The van der Waals surface area contributed by atoms with Crippen LogP contribution in [-0.2, 0) is 16.1 Å². The number of aromatic nitrogens is 1. The van der Waals surface area contributed by atoms with Crippen LogP contribution in [0.15, 0.2) is 30.3 Å². The molecule has 0 atom stereocenters. The molecule has 2 aromatic rings. The van der Waals surface area contributed by atoms with Gasteiger partial charge in [-0.15, -0.1) is 0 Å². The number of aliphatic carboxylic acids is 1. The van der Waals surface area contributed by atoms with E-state index in [1.807, 2.05) is 26.0 Å². The molecular weight excluding hydrogens is 422 g/mol. The summed E-state index contributed by atoms with van der Waals surface area (Å²) in [4.78, 5) is 15.7. The lowest BCUT2D eigenvalue weighted by Gasteiger charge is -2.24. The molecule has 0 spiro atoms. The summed E-state index contributed by atoms with van der Waals surface area (Å²) >= 11 is 0. The van der Waals surface area contributed by atoms with E-state index < -0.39 is 11.8 Å². The van der Waals surface area contributed by atoms with Crippen molar-refractivity contribution in [3.8, 4) is 16.9 Å². The minimum atomic E-state index is -2.16. The maximum absolute atomic E-state index is 10.8. The fourth-order valence-corrected chi connectivity index (χ4v) is 3.81. The van der Waals surface area contributed by atoms with Gasteiger partial charge in [0.2, 0.25) is 0 Å². The first-order valence-electron chi connectivity index (χ1n) is 11.2. The summed E-state index contributed by atoms with van der Waals surface area (Å²) in [5.41, 5.74) is 5.04. The smallest absolute Gasteiger partial charge is 0.303 e. The number of ether oxygens (including phenoxy) is 1. The Balaban J connectivity index is 2.74. The Morgan fingerprint density at radius 2 is 1.70 bits per heavy atom. The molecule has 180 valence electrons. The summed E-state index contributed by atoms with van der Waals surface area (Å²) in [6.07, 6.45) is 2.81. The van der Waals surface area contributed by atoms with Crippen LogP contribution in [0.2, 0.25) is 0 Å². The number of carbonyl (C=O) groups is 1. The number of pyridine rings is 1. The van der Waals surface area contributed by atoms with Crippen LogP contribution in [0.3, 0.4) is 0 Å². The summed E-state index contributed by atoms with van der Waals surface area (Å²) < 4.78 is 5.51. The molecular formula is C26H35NO6. The van der Waals surface area contributed by atoms with Crippen molar-refractivity contribution in [2.75, 3.05) is 7.11 Å². The van der Waals surface area contributed by atoms with Crippen molar-refractivity contribution >= 4 is 12.0 Å². The SMILES string of the molecule is COCc1c(C(C)C)nc(C(C)C)c(C=CC(O)(O)CCCC(=O)O)c1-c1ccc(O)cc1. The van der Waals surface area contributed by atoms with Gasteiger partial charge >= 0.3 is 5.97 Å². The van der Waals surface area contributed by atoms with Crippen molar-refractivity contribution in [2.24, 2.45) is 0 Å². The van der Waals surface area contributed by atoms with Gasteiger partial charge < -0.3 is 25.2 Å². The first-order chi connectivity index (χ1) is 15.5. The number of benzene rings is 1. The van der Waals surface area contributed by atoms with Gasteiger partial charge in [0.15, 0.2) is 5.79 Å². The van der Waals surface area contributed by atoms with E-state index in [1.165, 1.54) is 6.08 Å². The van der Waals surface area contributed by atoms with Crippen LogP contribution >= 0.6 is 0 Å². The molecule has 1 aromatic carbocycles. The molecule has 0 aliphatic carbocycles. The predicted molar refractivity (Wildman–Crippen MR) is 128 cm³/mol. The van der Waals surface area contributed by atoms with Crippen molar-refractivity contribution in [1.82, 2.24) is 4.98 Å². The highest BCUT2D eigenvalue weighted by molar-refractivity contribution is 5.80. The quantitative estimate of drug-likeness (QED) is 0.358. The molecule has 0 bridgehead atoms. The van der Waals surface area contributed by atoms with Crippen molar-refractivity contribution in [3.63, 3.8) is 0 Å². The molecule has 0 aliphatic rings. The number of hydrogen-bond acceptors (Lipinski definition) is 6. The number of carboxylic acids is 1. The van der Waals surface area contributed by atoms with E-state index in [2.05, 4.69) is 13.8 Å². The Hall–Kier alpha value is -2.74. The monoisotopic (exact) mass is 457 g/mol. The zero-order valence-corrected chi connectivity index (χ0v) is 20.0. The summed E-state index contributed by atoms with van der Waals surface area (Å²) in [5.74, 6) is -2.81. The number of carboxylic acid groups (broad SMARTS) is 1. The number of aromatic hydroxyl groups is 1. The summed E-state index contributed by atoms with van der Waals surface area (Å²) in [7, 11) is 1.62. The van der Waals surface area contributed by atoms with Gasteiger partial charge in [-0.25, -0.2) is 0 Å². The molecule has 7 nitrogen and oxygen atoms in total. The molecule has 0 saturated heterocycles. The van der Waals surface area contributed by atoms with E-state index >= 15 is 0 Å². The summed E-state index contributed by atoms with van der Waals surface area (Å²) in [5, 5.41) is 39.5. The average molecular weight is 458 g/mol. The third kappa shape index (κ3) is 7.12. The largest absolute Gasteiger partial charge is 0.508 e. The minimum Gasteiger partial charge on any atom is -0.508 e. The van der Waals surface area contributed by atoms with E-state index in [9.17, 15) is 20.1 Å². The highest BCUT2D eigenvalue weighted by Crippen LogP contribution is 2.38. The van der Waals surface area contributed by atoms with Crippen molar-refractivity contribution in [2.45, 2.75) is 71.2 Å². The zero-order valence-electron chi connectivity index (χ0n) is 20.0. The van der Waals surface area contributed by atoms with Crippen LogP contribution in [-0.4, -0.2) is 44.3 Å². The highest BCUT2D eigenvalue weighted by atomic mass is 16.5. The molecule has 2 rings (SSSR count). The van der Waals surface area contributed by atoms with E-state index in [0.717, 1.165) is 33.6 Å². The van der Waals surface area contributed by atoms with Gasteiger partial charge in [0, 0.05) is 36.8 Å². The molecule has 0 unspecified atom stereocenters. The predicted octanol–water partition coefficient (Wildman–Crippen LogP) is 4.80. The lowest BCUT2D eigenvalue weighted by atomic mass is 9.87. The number of phenols is 1. The Kier molecular flexibility index (Phi) is 9.16. The molecule has 1 heterocycles. The molecule has 0 amide bonds. The third-order valence-corrected chi connectivity index (χ3v) is 5.39. The molecule has 1 aromatic heterocycles. The van der Waals surface area contributed by atoms with E-state index in [0.29, 0.717) is 6.61 Å². The van der Waals surface area contributed by atoms with Gasteiger partial charge in [-0.3, -0.25) is 9.78 Å². The van der Waals surface area contributed by atoms with Crippen LogP contribution in [0.5, 0.6) is 5.75 Å². The lowest BCUT2D eigenvalue weighted by molar-refractivity contribution is -0.139. The van der Waals surface area contributed by atoms with E-state index in [-0.39, 0.29) is 36.8 Å². The molecule has 0 aliphatic heterocycles. The third-order valence-electron chi connectivity index (χ3n) is 5.39. The van der Waals surface area contributed by atoms with Gasteiger partial charge in [-0.2, -0.15) is 0 Å². The Morgan fingerprint density at radius 1 is 1.09 bits per heavy atom. The standard InChI is InChI=1S/C26H35NO6/c1-16(2)24-20(12-14-26(31,32)13-6-7-22(29)30)23(18-8-10-19(28)11-9-18)21(15-33-5)25(27-24)17(3)4/h8-12,14,16-17,28,31-32H,6-7,13,15H2,1-5H3,(H,29,30). The normalized spacial score (nSPS) is 12.3. The first-order valence-corrected chi connectivity index (χ1v) is 11.2. The van der Waals surface area contributed by atoms with Gasteiger partial charge in [-0.05, 0) is 47.6 Å². The average Bonchev–Trinajstić information content (AvgIpc) is 2.72. The number of hydrogen-bond donors (Lipinski definition) is 4.